The lowest BCUT2D eigenvalue weighted by atomic mass is 10.1. The molecule has 0 spiro atoms. The lowest BCUT2D eigenvalue weighted by molar-refractivity contribution is 0.330. The van der Waals surface area contributed by atoms with Crippen molar-refractivity contribution in [2.45, 2.75) is 19.8 Å². The van der Waals surface area contributed by atoms with Crippen LogP contribution in [0.1, 0.15) is 18.9 Å². The van der Waals surface area contributed by atoms with Crippen molar-refractivity contribution in [2.24, 2.45) is 0 Å². The Balaban J connectivity index is 2.68. The van der Waals surface area contributed by atoms with Gasteiger partial charge in [-0.3, -0.25) is 0 Å². The maximum atomic E-state index is 5.42. The molecule has 1 aromatic carbocycles. The van der Waals surface area contributed by atoms with Gasteiger partial charge in [-0.25, -0.2) is 0 Å². The van der Waals surface area contributed by atoms with E-state index in [1.54, 1.807) is 7.11 Å². The third-order valence-corrected chi connectivity index (χ3v) is 3.58. The molecule has 0 heterocycles. The second-order valence-electron chi connectivity index (χ2n) is 4.39. The van der Waals surface area contributed by atoms with Gasteiger partial charge in [-0.2, -0.15) is 0 Å². The van der Waals surface area contributed by atoms with E-state index in [9.17, 15) is 0 Å². The van der Waals surface area contributed by atoms with Crippen LogP contribution in [-0.4, -0.2) is 37.2 Å². The minimum absolute atomic E-state index is 0.237. The van der Waals surface area contributed by atoms with E-state index in [0.717, 1.165) is 24.4 Å². The number of methoxy groups -OCH3 is 1. The Morgan fingerprint density at radius 1 is 1.40 bits per heavy atom. The molecule has 1 aromatic rings. The first kappa shape index (κ1) is 16.3. The summed E-state index contributed by atoms with van der Waals surface area (Å²) in [6.07, 6.45) is 6.92. The molecule has 0 aliphatic carbocycles. The van der Waals surface area contributed by atoms with Crippen molar-refractivity contribution >= 4 is 17.2 Å². The molecule has 0 bridgehead atoms. The second kappa shape index (κ2) is 8.44. The molecular weight excluding hydrogens is 270 g/mol. The Morgan fingerprint density at radius 3 is 2.75 bits per heavy atom. The predicted molar refractivity (Wildman–Crippen MR) is 86.5 cm³/mol. The van der Waals surface area contributed by atoms with E-state index >= 15 is 0 Å². The van der Waals surface area contributed by atoms with Gasteiger partial charge < -0.3 is 14.4 Å². The number of rotatable bonds is 7. The lowest BCUT2D eigenvalue weighted by Gasteiger charge is -2.17. The molecule has 0 N–H and O–H groups in total. The van der Waals surface area contributed by atoms with Crippen LogP contribution >= 0.6 is 12.2 Å². The summed E-state index contributed by atoms with van der Waals surface area (Å²) in [6.45, 7) is 3.26. The van der Waals surface area contributed by atoms with Crippen molar-refractivity contribution in [1.29, 1.82) is 0 Å². The van der Waals surface area contributed by atoms with Crippen LogP contribution < -0.4 is 9.47 Å². The SMILES string of the molecule is C#CCOc1ccc(CCC(=S)N(C)CC)cc1OC. The van der Waals surface area contributed by atoms with Crippen LogP contribution in [0.4, 0.5) is 0 Å². The number of benzene rings is 1. The van der Waals surface area contributed by atoms with E-state index in [4.69, 9.17) is 28.1 Å². The summed E-state index contributed by atoms with van der Waals surface area (Å²) in [5.41, 5.74) is 1.17. The zero-order valence-corrected chi connectivity index (χ0v) is 13.1. The van der Waals surface area contributed by atoms with Gasteiger partial charge in [0.15, 0.2) is 11.5 Å². The average molecular weight is 291 g/mol. The molecule has 0 radical (unpaired) electrons. The largest absolute Gasteiger partial charge is 0.493 e. The van der Waals surface area contributed by atoms with Gasteiger partial charge in [-0.1, -0.05) is 24.2 Å². The summed E-state index contributed by atoms with van der Waals surface area (Å²) in [5.74, 6) is 3.81. The van der Waals surface area contributed by atoms with Crippen LogP contribution in [-0.2, 0) is 6.42 Å². The molecule has 0 atom stereocenters. The first-order valence-corrected chi connectivity index (χ1v) is 7.00. The fourth-order valence-corrected chi connectivity index (χ4v) is 1.96. The van der Waals surface area contributed by atoms with Gasteiger partial charge in [0.2, 0.25) is 0 Å². The van der Waals surface area contributed by atoms with Gasteiger partial charge in [0.1, 0.15) is 6.61 Å². The first-order chi connectivity index (χ1) is 9.62. The molecule has 0 saturated carbocycles. The Bertz CT molecular complexity index is 494. The van der Waals surface area contributed by atoms with Crippen LogP contribution in [0.2, 0.25) is 0 Å². The van der Waals surface area contributed by atoms with Gasteiger partial charge in [-0.15, -0.1) is 6.42 Å². The zero-order chi connectivity index (χ0) is 15.0. The Morgan fingerprint density at radius 2 is 2.15 bits per heavy atom. The number of aryl methyl sites for hydroxylation is 1. The van der Waals surface area contributed by atoms with E-state index in [0.29, 0.717) is 11.5 Å². The van der Waals surface area contributed by atoms with Crippen molar-refractivity contribution in [3.8, 4) is 23.8 Å². The van der Waals surface area contributed by atoms with Crippen molar-refractivity contribution in [3.63, 3.8) is 0 Å². The smallest absolute Gasteiger partial charge is 0.162 e. The van der Waals surface area contributed by atoms with Crippen LogP contribution in [0.3, 0.4) is 0 Å². The molecule has 4 heteroatoms. The summed E-state index contributed by atoms with van der Waals surface area (Å²) < 4.78 is 10.7. The summed E-state index contributed by atoms with van der Waals surface area (Å²) in [7, 11) is 3.64. The van der Waals surface area contributed by atoms with Gasteiger partial charge in [0.05, 0.1) is 12.1 Å². The Hall–Kier alpha value is -1.73. The average Bonchev–Trinajstić information content (AvgIpc) is 2.49. The maximum absolute atomic E-state index is 5.42. The van der Waals surface area contributed by atoms with E-state index in [1.807, 2.05) is 25.2 Å². The Kier molecular flexibility index (Phi) is 6.89. The van der Waals surface area contributed by atoms with Crippen molar-refractivity contribution in [3.05, 3.63) is 23.8 Å². The number of hydrogen-bond donors (Lipinski definition) is 0. The maximum Gasteiger partial charge on any atom is 0.162 e. The van der Waals surface area contributed by atoms with E-state index in [2.05, 4.69) is 17.7 Å². The molecule has 0 aliphatic heterocycles. The third-order valence-electron chi connectivity index (χ3n) is 3.07. The summed E-state index contributed by atoms with van der Waals surface area (Å²) >= 11 is 5.37. The molecule has 3 nitrogen and oxygen atoms in total. The zero-order valence-electron chi connectivity index (χ0n) is 12.3. The molecule has 0 amide bonds. The van der Waals surface area contributed by atoms with Crippen molar-refractivity contribution < 1.29 is 9.47 Å². The molecule has 20 heavy (non-hydrogen) atoms. The van der Waals surface area contributed by atoms with E-state index in [1.165, 1.54) is 5.56 Å². The molecule has 1 rings (SSSR count). The van der Waals surface area contributed by atoms with Crippen molar-refractivity contribution in [1.82, 2.24) is 4.90 Å². The van der Waals surface area contributed by atoms with Gasteiger partial charge >= 0.3 is 0 Å². The standard InChI is InChI=1S/C16H21NO2S/c1-5-11-19-14-9-7-13(12-15(14)18-4)8-10-16(20)17(3)6-2/h1,7,9,12H,6,8,10-11H2,2-4H3. The number of thiocarbonyl (C=S) groups is 1. The molecule has 108 valence electrons. The highest BCUT2D eigenvalue weighted by molar-refractivity contribution is 7.80. The summed E-state index contributed by atoms with van der Waals surface area (Å²) in [6, 6.07) is 5.88. The number of terminal acetylenes is 1. The molecular formula is C16H21NO2S. The van der Waals surface area contributed by atoms with Crippen molar-refractivity contribution in [2.75, 3.05) is 27.3 Å². The first-order valence-electron chi connectivity index (χ1n) is 6.59. The molecule has 0 aromatic heterocycles. The molecule has 0 fully saturated rings. The quantitative estimate of drug-likeness (QED) is 0.569. The number of hydrogen-bond acceptors (Lipinski definition) is 3. The van der Waals surface area contributed by atoms with E-state index in [-0.39, 0.29) is 6.61 Å². The molecule has 0 saturated heterocycles. The highest BCUT2D eigenvalue weighted by atomic mass is 32.1. The minimum Gasteiger partial charge on any atom is -0.493 e. The highest BCUT2D eigenvalue weighted by Crippen LogP contribution is 2.28. The van der Waals surface area contributed by atoms with Crippen LogP contribution in [0.15, 0.2) is 18.2 Å². The Labute approximate surface area is 126 Å². The summed E-state index contributed by atoms with van der Waals surface area (Å²) in [5, 5.41) is 0. The number of ether oxygens (including phenoxy) is 2. The summed E-state index contributed by atoms with van der Waals surface area (Å²) in [4.78, 5) is 3.05. The lowest BCUT2D eigenvalue weighted by Crippen LogP contribution is -2.24. The molecule has 0 unspecified atom stereocenters. The minimum atomic E-state index is 0.237. The van der Waals surface area contributed by atoms with Crippen LogP contribution in [0, 0.1) is 12.3 Å². The highest BCUT2D eigenvalue weighted by Gasteiger charge is 2.07. The van der Waals surface area contributed by atoms with Gasteiger partial charge in [0.25, 0.3) is 0 Å². The third kappa shape index (κ3) is 4.75. The normalized spacial score (nSPS) is 9.70. The fraction of sp³-hybridized carbons (Fsp3) is 0.438. The van der Waals surface area contributed by atoms with E-state index < -0.39 is 0 Å². The topological polar surface area (TPSA) is 21.7 Å². The van der Waals surface area contributed by atoms with Crippen LogP contribution in [0.25, 0.3) is 0 Å². The second-order valence-corrected chi connectivity index (χ2v) is 4.86. The fourth-order valence-electron chi connectivity index (χ4n) is 1.72. The van der Waals surface area contributed by atoms with Crippen LogP contribution in [0.5, 0.6) is 11.5 Å². The molecule has 0 aliphatic rings. The number of nitrogens with zero attached hydrogens (tertiary/aromatic N) is 1. The van der Waals surface area contributed by atoms with Gasteiger partial charge in [-0.05, 0) is 31.0 Å². The predicted octanol–water partition coefficient (Wildman–Crippen LogP) is 2.92. The van der Waals surface area contributed by atoms with Gasteiger partial charge in [0, 0.05) is 20.0 Å². The monoisotopic (exact) mass is 291 g/mol.